The van der Waals surface area contributed by atoms with Crippen LogP contribution in [0.3, 0.4) is 0 Å². The van der Waals surface area contributed by atoms with Gasteiger partial charge in [-0.15, -0.1) is 0 Å². The predicted octanol–water partition coefficient (Wildman–Crippen LogP) is 12.9. The maximum Gasteiger partial charge on any atom is 0.161 e. The van der Waals surface area contributed by atoms with Crippen molar-refractivity contribution in [1.82, 2.24) is 0 Å². The fraction of sp³-hybridized carbons (Fsp3) is 0.0392. The quantitative estimate of drug-likeness (QED) is 0.120. The highest BCUT2D eigenvalue weighted by Crippen LogP contribution is 2.38. The van der Waals surface area contributed by atoms with Gasteiger partial charge in [0.05, 0.1) is 6.54 Å². The molecule has 7 aromatic carbocycles. The van der Waals surface area contributed by atoms with Gasteiger partial charge in [0, 0.05) is 27.5 Å². The lowest BCUT2D eigenvalue weighted by atomic mass is 9.97. The molecule has 0 saturated heterocycles. The summed E-state index contributed by atoms with van der Waals surface area (Å²) < 4.78 is 6.67. The average molecular weight is 708 g/mol. The molecule has 4 heteroatoms. The van der Waals surface area contributed by atoms with Crippen LogP contribution in [0.1, 0.15) is 34.2 Å². The smallest absolute Gasteiger partial charge is 0.161 e. The molecule has 8 aromatic rings. The molecule has 1 aliphatic carbocycles. The van der Waals surface area contributed by atoms with Crippen molar-refractivity contribution in [3.63, 3.8) is 0 Å². The second-order valence-electron chi connectivity index (χ2n) is 13.6. The van der Waals surface area contributed by atoms with Gasteiger partial charge >= 0.3 is 0 Å². The Morgan fingerprint density at radius 1 is 0.600 bits per heavy atom. The number of hydrogen-bond donors (Lipinski definition) is 0. The fourth-order valence-corrected chi connectivity index (χ4v) is 7.43. The monoisotopic (exact) mass is 707 g/mol. The molecule has 9 rings (SSSR count). The molecule has 0 N–H and O–H groups in total. The van der Waals surface area contributed by atoms with E-state index in [2.05, 4.69) is 157 Å². The second kappa shape index (κ2) is 15.1. The number of aliphatic imine (C=N–C) groups is 3. The maximum atomic E-state index is 6.67. The standard InChI is InChI=1S/C51H37N3O/c1-52-51(54-50(53-34-35-14-4-2-5-15-35)41-32-30-40(31-33-41)43-23-11-21-38-18-8-9-22-42(38)43)46-26-13-27-47-48(46)45-25-12-24-44(49(45)55-47)39-20-10-19-37(28-29-39)36-16-6-3-7-17-36/h2-19,21-33H,1,20,34H2/b53-50-,54-51-. The van der Waals surface area contributed by atoms with Crippen LogP contribution in [0, 0.1) is 0 Å². The summed E-state index contributed by atoms with van der Waals surface area (Å²) in [5.41, 5.74) is 11.4. The summed E-state index contributed by atoms with van der Waals surface area (Å²) in [7, 11) is 0. The van der Waals surface area contributed by atoms with Crippen LogP contribution in [0.4, 0.5) is 0 Å². The van der Waals surface area contributed by atoms with Crippen LogP contribution in [-0.2, 0) is 6.54 Å². The van der Waals surface area contributed by atoms with Crippen molar-refractivity contribution in [1.29, 1.82) is 0 Å². The lowest BCUT2D eigenvalue weighted by Gasteiger charge is -2.10. The van der Waals surface area contributed by atoms with Crippen LogP contribution in [-0.4, -0.2) is 18.4 Å². The van der Waals surface area contributed by atoms with Crippen LogP contribution in [0.2, 0.25) is 0 Å². The van der Waals surface area contributed by atoms with Crippen molar-refractivity contribution in [2.24, 2.45) is 15.0 Å². The van der Waals surface area contributed by atoms with Crippen LogP contribution in [0.5, 0.6) is 0 Å². The molecule has 0 spiro atoms. The Morgan fingerprint density at radius 3 is 2.15 bits per heavy atom. The molecule has 55 heavy (non-hydrogen) atoms. The molecule has 1 aromatic heterocycles. The van der Waals surface area contributed by atoms with Crippen LogP contribution >= 0.6 is 0 Å². The predicted molar refractivity (Wildman–Crippen MR) is 232 cm³/mol. The minimum atomic E-state index is 0.474. The van der Waals surface area contributed by atoms with Gasteiger partial charge in [0.25, 0.3) is 0 Å². The van der Waals surface area contributed by atoms with E-state index in [1.807, 2.05) is 42.5 Å². The highest BCUT2D eigenvalue weighted by Gasteiger charge is 2.19. The number of furan rings is 1. The van der Waals surface area contributed by atoms with E-state index in [1.54, 1.807) is 0 Å². The molecule has 1 aliphatic rings. The zero-order valence-corrected chi connectivity index (χ0v) is 30.3. The molecule has 0 bridgehead atoms. The number of amidine groups is 2. The first-order valence-electron chi connectivity index (χ1n) is 18.5. The third kappa shape index (κ3) is 6.78. The van der Waals surface area contributed by atoms with E-state index in [0.29, 0.717) is 18.2 Å². The Balaban J connectivity index is 1.13. The Labute approximate surface area is 320 Å². The van der Waals surface area contributed by atoms with Gasteiger partial charge in [0.2, 0.25) is 0 Å². The summed E-state index contributed by atoms with van der Waals surface area (Å²) in [4.78, 5) is 14.8. The number of allylic oxidation sites excluding steroid dienone is 6. The number of benzene rings is 7. The lowest BCUT2D eigenvalue weighted by molar-refractivity contribution is 0.667. The molecule has 0 unspecified atom stereocenters. The molecule has 0 fully saturated rings. The molecule has 262 valence electrons. The Bertz CT molecular complexity index is 2850. The second-order valence-corrected chi connectivity index (χ2v) is 13.6. The highest BCUT2D eigenvalue weighted by atomic mass is 16.3. The largest absolute Gasteiger partial charge is 0.455 e. The highest BCUT2D eigenvalue weighted by molar-refractivity contribution is 6.22. The summed E-state index contributed by atoms with van der Waals surface area (Å²) in [5, 5.41) is 4.38. The SMILES string of the molecule is C=N/C(=N\C(=N/Cc1ccccc1)c1ccc(-c2cccc3ccccc23)cc1)c1cccc2oc3c(C4=CC=C(c5ccccc5)C=CC4)cccc3c12. The molecule has 0 amide bonds. The topological polar surface area (TPSA) is 50.2 Å². The summed E-state index contributed by atoms with van der Waals surface area (Å²) in [6.07, 6.45) is 9.62. The van der Waals surface area contributed by atoms with E-state index >= 15 is 0 Å². The van der Waals surface area contributed by atoms with Gasteiger partial charge in [0.1, 0.15) is 11.2 Å². The summed E-state index contributed by atoms with van der Waals surface area (Å²) in [6, 6.07) is 56.5. The molecule has 0 saturated carbocycles. The third-order valence-corrected chi connectivity index (χ3v) is 10.2. The Morgan fingerprint density at radius 2 is 1.31 bits per heavy atom. The van der Waals surface area contributed by atoms with E-state index in [4.69, 9.17) is 14.4 Å². The fourth-order valence-electron chi connectivity index (χ4n) is 7.43. The van der Waals surface area contributed by atoms with Gasteiger partial charge < -0.3 is 4.42 Å². The zero-order valence-electron chi connectivity index (χ0n) is 30.3. The lowest BCUT2D eigenvalue weighted by Crippen LogP contribution is -2.06. The minimum Gasteiger partial charge on any atom is -0.455 e. The van der Waals surface area contributed by atoms with Gasteiger partial charge in [0.15, 0.2) is 11.7 Å². The zero-order chi connectivity index (χ0) is 37.0. The average Bonchev–Trinajstić information content (AvgIpc) is 3.47. The first kappa shape index (κ1) is 33.7. The number of fused-ring (bicyclic) bond motifs is 4. The first-order valence-corrected chi connectivity index (χ1v) is 18.5. The van der Waals surface area contributed by atoms with Crippen molar-refractivity contribution in [3.8, 4) is 11.1 Å². The summed E-state index contributed by atoms with van der Waals surface area (Å²) >= 11 is 0. The van der Waals surface area contributed by atoms with Crippen LogP contribution in [0.15, 0.2) is 207 Å². The molecular weight excluding hydrogens is 671 g/mol. The van der Waals surface area contributed by atoms with Gasteiger partial charge in [-0.2, -0.15) is 0 Å². The summed E-state index contributed by atoms with van der Waals surface area (Å²) in [6.45, 7) is 4.47. The number of nitrogens with zero attached hydrogens (tertiary/aromatic N) is 3. The van der Waals surface area contributed by atoms with E-state index in [1.165, 1.54) is 33.0 Å². The van der Waals surface area contributed by atoms with Gasteiger partial charge in [-0.3, -0.25) is 4.99 Å². The molecular formula is C51H37N3O. The molecule has 0 atom stereocenters. The number of rotatable bonds is 7. The van der Waals surface area contributed by atoms with Crippen molar-refractivity contribution in [2.75, 3.05) is 0 Å². The van der Waals surface area contributed by atoms with Crippen molar-refractivity contribution >= 4 is 62.2 Å². The summed E-state index contributed by atoms with van der Waals surface area (Å²) in [5.74, 6) is 1.06. The van der Waals surface area contributed by atoms with E-state index in [-0.39, 0.29) is 0 Å². The molecule has 0 aliphatic heterocycles. The normalized spacial score (nSPS) is 13.5. The minimum absolute atomic E-state index is 0.474. The number of hydrogen-bond acceptors (Lipinski definition) is 2. The molecule has 0 radical (unpaired) electrons. The van der Waals surface area contributed by atoms with E-state index in [0.717, 1.165) is 56.2 Å². The third-order valence-electron chi connectivity index (χ3n) is 10.2. The van der Waals surface area contributed by atoms with Crippen molar-refractivity contribution in [3.05, 3.63) is 216 Å². The van der Waals surface area contributed by atoms with Crippen molar-refractivity contribution < 1.29 is 4.42 Å². The van der Waals surface area contributed by atoms with Gasteiger partial charge in [-0.1, -0.05) is 182 Å². The first-order chi connectivity index (χ1) is 27.2. The Kier molecular flexibility index (Phi) is 9.21. The number of para-hydroxylation sites is 1. The van der Waals surface area contributed by atoms with Crippen LogP contribution < -0.4 is 0 Å². The van der Waals surface area contributed by atoms with Gasteiger partial charge in [-0.05, 0) is 63.4 Å². The van der Waals surface area contributed by atoms with E-state index in [9.17, 15) is 0 Å². The maximum absolute atomic E-state index is 6.67. The Hall–Kier alpha value is -7.17. The van der Waals surface area contributed by atoms with Crippen LogP contribution in [0.25, 0.3) is 55.0 Å². The van der Waals surface area contributed by atoms with Gasteiger partial charge in [-0.25, -0.2) is 9.98 Å². The molecule has 1 heterocycles. The molecule has 4 nitrogen and oxygen atoms in total. The van der Waals surface area contributed by atoms with Crippen molar-refractivity contribution in [2.45, 2.75) is 13.0 Å². The van der Waals surface area contributed by atoms with E-state index < -0.39 is 0 Å².